The number of rotatable bonds is 7. The van der Waals surface area contributed by atoms with Gasteiger partial charge in [-0.25, -0.2) is 0 Å². The van der Waals surface area contributed by atoms with Crippen LogP contribution in [0.15, 0.2) is 28.8 Å². The molecule has 0 aliphatic heterocycles. The fourth-order valence-corrected chi connectivity index (χ4v) is 3.06. The molecule has 0 bridgehead atoms. The maximum Gasteiger partial charge on any atom is 0.220 e. The van der Waals surface area contributed by atoms with E-state index in [-0.39, 0.29) is 11.9 Å². The van der Waals surface area contributed by atoms with Crippen molar-refractivity contribution in [3.05, 3.63) is 46.8 Å². The molecular formula is C19H24N2O3. The number of nitrogens with zero attached hydrogens (tertiary/aromatic N) is 1. The lowest BCUT2D eigenvalue weighted by molar-refractivity contribution is -0.122. The van der Waals surface area contributed by atoms with Gasteiger partial charge in [0, 0.05) is 12.0 Å². The quantitative estimate of drug-likeness (QED) is 0.845. The Labute approximate surface area is 142 Å². The van der Waals surface area contributed by atoms with E-state index in [1.165, 1.54) is 12.8 Å². The van der Waals surface area contributed by atoms with E-state index in [9.17, 15) is 4.79 Å². The number of hydrogen-bond acceptors (Lipinski definition) is 4. The summed E-state index contributed by atoms with van der Waals surface area (Å²) >= 11 is 0. The molecule has 1 heterocycles. The number of methoxy groups -OCH3 is 1. The summed E-state index contributed by atoms with van der Waals surface area (Å²) in [6, 6.07) is 8.06. The molecular weight excluding hydrogens is 304 g/mol. The highest BCUT2D eigenvalue weighted by Crippen LogP contribution is 2.41. The first kappa shape index (κ1) is 16.6. The first-order valence-electron chi connectivity index (χ1n) is 8.43. The molecule has 24 heavy (non-hydrogen) atoms. The van der Waals surface area contributed by atoms with Gasteiger partial charge in [-0.05, 0) is 56.7 Å². The molecule has 1 aliphatic carbocycles. The van der Waals surface area contributed by atoms with Crippen molar-refractivity contribution in [1.82, 2.24) is 10.5 Å². The Balaban J connectivity index is 1.62. The smallest absolute Gasteiger partial charge is 0.220 e. The van der Waals surface area contributed by atoms with Crippen LogP contribution >= 0.6 is 0 Å². The van der Waals surface area contributed by atoms with Crippen LogP contribution in [0, 0.1) is 19.8 Å². The van der Waals surface area contributed by atoms with Gasteiger partial charge in [0.05, 0.1) is 18.8 Å². The summed E-state index contributed by atoms with van der Waals surface area (Å²) in [6.45, 7) is 3.80. The summed E-state index contributed by atoms with van der Waals surface area (Å²) < 4.78 is 10.4. The molecule has 1 fully saturated rings. The Kier molecular flexibility index (Phi) is 4.88. The molecule has 5 heteroatoms. The van der Waals surface area contributed by atoms with Crippen LogP contribution in [0.1, 0.15) is 47.9 Å². The highest BCUT2D eigenvalue weighted by molar-refractivity contribution is 5.77. The lowest BCUT2D eigenvalue weighted by Crippen LogP contribution is -2.30. The third kappa shape index (κ3) is 3.78. The van der Waals surface area contributed by atoms with E-state index in [2.05, 4.69) is 10.5 Å². The summed E-state index contributed by atoms with van der Waals surface area (Å²) in [5.41, 5.74) is 3.05. The van der Waals surface area contributed by atoms with E-state index in [0.29, 0.717) is 18.8 Å². The number of benzene rings is 1. The number of carbonyl (C=O) groups excluding carboxylic acids is 1. The van der Waals surface area contributed by atoms with Gasteiger partial charge in [0.15, 0.2) is 0 Å². The normalized spacial score (nSPS) is 15.1. The summed E-state index contributed by atoms with van der Waals surface area (Å²) in [6.07, 6.45) is 3.44. The summed E-state index contributed by atoms with van der Waals surface area (Å²) in [7, 11) is 1.66. The first-order valence-corrected chi connectivity index (χ1v) is 8.43. The Morgan fingerprint density at radius 1 is 1.33 bits per heavy atom. The molecule has 0 spiro atoms. The third-order valence-corrected chi connectivity index (χ3v) is 4.67. The standard InChI is InChI=1S/C19H24N2O3/c1-12-17(13(2)24-21-12)10-11-18(22)20-19(14-4-5-14)15-6-8-16(23-3)9-7-15/h6-9,14,19H,4-5,10-11H2,1-3H3,(H,20,22). The number of aryl methyl sites for hydroxylation is 2. The van der Waals surface area contributed by atoms with E-state index in [1.54, 1.807) is 7.11 Å². The average Bonchev–Trinajstić information content (AvgIpc) is 3.38. The molecule has 1 N–H and O–H groups in total. The number of nitrogens with one attached hydrogen (secondary N) is 1. The number of aromatic nitrogens is 1. The van der Waals surface area contributed by atoms with Crippen molar-refractivity contribution in [2.75, 3.05) is 7.11 Å². The number of hydrogen-bond donors (Lipinski definition) is 1. The van der Waals surface area contributed by atoms with Crippen LogP contribution in [0.4, 0.5) is 0 Å². The summed E-state index contributed by atoms with van der Waals surface area (Å²) in [4.78, 5) is 12.4. The van der Waals surface area contributed by atoms with Gasteiger partial charge < -0.3 is 14.6 Å². The summed E-state index contributed by atoms with van der Waals surface area (Å²) in [5, 5.41) is 7.14. The third-order valence-electron chi connectivity index (χ3n) is 4.67. The van der Waals surface area contributed by atoms with Gasteiger partial charge >= 0.3 is 0 Å². The van der Waals surface area contributed by atoms with Crippen molar-refractivity contribution in [1.29, 1.82) is 0 Å². The minimum Gasteiger partial charge on any atom is -0.497 e. The second kappa shape index (κ2) is 7.07. The van der Waals surface area contributed by atoms with E-state index in [1.807, 2.05) is 38.1 Å². The Morgan fingerprint density at radius 3 is 2.58 bits per heavy atom. The molecule has 1 amide bonds. The predicted molar refractivity (Wildman–Crippen MR) is 90.9 cm³/mol. The molecule has 1 unspecified atom stereocenters. The van der Waals surface area contributed by atoms with Crippen LogP contribution in [0.25, 0.3) is 0 Å². The number of ether oxygens (including phenoxy) is 1. The minimum absolute atomic E-state index is 0.0720. The first-order chi connectivity index (χ1) is 11.6. The van der Waals surface area contributed by atoms with E-state index >= 15 is 0 Å². The van der Waals surface area contributed by atoms with Crippen molar-refractivity contribution >= 4 is 5.91 Å². The molecule has 1 aromatic carbocycles. The highest BCUT2D eigenvalue weighted by Gasteiger charge is 2.33. The minimum atomic E-state index is 0.0720. The molecule has 0 radical (unpaired) electrons. The lowest BCUT2D eigenvalue weighted by atomic mass is 10.0. The molecule has 1 aliphatic rings. The van der Waals surface area contributed by atoms with Crippen molar-refractivity contribution in [2.45, 2.75) is 45.6 Å². The fourth-order valence-electron chi connectivity index (χ4n) is 3.06. The largest absolute Gasteiger partial charge is 0.497 e. The van der Waals surface area contributed by atoms with Crippen LogP contribution < -0.4 is 10.1 Å². The second-order valence-electron chi connectivity index (χ2n) is 6.46. The zero-order valence-corrected chi connectivity index (χ0v) is 14.5. The molecule has 1 saturated carbocycles. The molecule has 1 atom stereocenters. The lowest BCUT2D eigenvalue weighted by Gasteiger charge is -2.19. The Morgan fingerprint density at radius 2 is 2.04 bits per heavy atom. The van der Waals surface area contributed by atoms with Gasteiger partial charge in [-0.2, -0.15) is 0 Å². The molecule has 0 saturated heterocycles. The van der Waals surface area contributed by atoms with E-state index < -0.39 is 0 Å². The van der Waals surface area contributed by atoms with Crippen molar-refractivity contribution in [3.63, 3.8) is 0 Å². The van der Waals surface area contributed by atoms with Crippen LogP contribution in [0.5, 0.6) is 5.75 Å². The van der Waals surface area contributed by atoms with E-state index in [4.69, 9.17) is 9.26 Å². The van der Waals surface area contributed by atoms with Crippen molar-refractivity contribution in [3.8, 4) is 5.75 Å². The predicted octanol–water partition coefficient (Wildman–Crippen LogP) is 3.50. The average molecular weight is 328 g/mol. The topological polar surface area (TPSA) is 64.4 Å². The number of carbonyl (C=O) groups is 1. The second-order valence-corrected chi connectivity index (χ2v) is 6.46. The van der Waals surface area contributed by atoms with Crippen molar-refractivity contribution in [2.24, 2.45) is 5.92 Å². The van der Waals surface area contributed by atoms with Crippen LogP contribution in [0.3, 0.4) is 0 Å². The SMILES string of the molecule is COc1ccc(C(NC(=O)CCc2c(C)noc2C)C2CC2)cc1. The fraction of sp³-hybridized carbons (Fsp3) is 0.474. The monoisotopic (exact) mass is 328 g/mol. The van der Waals surface area contributed by atoms with Crippen LogP contribution in [0.2, 0.25) is 0 Å². The molecule has 3 rings (SSSR count). The van der Waals surface area contributed by atoms with Gasteiger partial charge in [0.1, 0.15) is 11.5 Å². The molecule has 5 nitrogen and oxygen atoms in total. The van der Waals surface area contributed by atoms with E-state index in [0.717, 1.165) is 28.3 Å². The highest BCUT2D eigenvalue weighted by atomic mass is 16.5. The van der Waals surface area contributed by atoms with Gasteiger partial charge in [-0.3, -0.25) is 4.79 Å². The molecule has 2 aromatic rings. The van der Waals surface area contributed by atoms with Gasteiger partial charge in [-0.1, -0.05) is 17.3 Å². The Hall–Kier alpha value is -2.30. The maximum atomic E-state index is 12.4. The zero-order chi connectivity index (χ0) is 17.1. The van der Waals surface area contributed by atoms with Gasteiger partial charge in [-0.15, -0.1) is 0 Å². The summed E-state index contributed by atoms with van der Waals surface area (Å²) in [5.74, 6) is 2.25. The van der Waals surface area contributed by atoms with Gasteiger partial charge in [0.25, 0.3) is 0 Å². The maximum absolute atomic E-state index is 12.4. The van der Waals surface area contributed by atoms with Crippen LogP contribution in [-0.4, -0.2) is 18.2 Å². The molecule has 128 valence electrons. The Bertz CT molecular complexity index is 682. The van der Waals surface area contributed by atoms with Crippen molar-refractivity contribution < 1.29 is 14.1 Å². The zero-order valence-electron chi connectivity index (χ0n) is 14.5. The van der Waals surface area contributed by atoms with Gasteiger partial charge in [0.2, 0.25) is 5.91 Å². The molecule has 1 aromatic heterocycles. The van der Waals surface area contributed by atoms with Crippen LogP contribution in [-0.2, 0) is 11.2 Å². The number of amides is 1.